The first-order valence-corrected chi connectivity index (χ1v) is 8.57. The number of carbonyl (C=O) groups is 3. The van der Waals surface area contributed by atoms with Crippen molar-refractivity contribution in [3.63, 3.8) is 0 Å². The third-order valence-electron chi connectivity index (χ3n) is 3.93. The molecule has 0 atom stereocenters. The number of benzene rings is 2. The highest BCUT2D eigenvalue weighted by Gasteiger charge is 2.18. The van der Waals surface area contributed by atoms with Crippen LogP contribution in [0, 0.1) is 0 Å². The summed E-state index contributed by atoms with van der Waals surface area (Å²) in [5.74, 6) is 0.578. The second kappa shape index (κ2) is 8.90. The molecule has 2 aromatic carbocycles. The van der Waals surface area contributed by atoms with Gasteiger partial charge in [-0.2, -0.15) is 0 Å². The lowest BCUT2D eigenvalue weighted by molar-refractivity contribution is -0.143. The van der Waals surface area contributed by atoms with Crippen LogP contribution >= 0.6 is 0 Å². The summed E-state index contributed by atoms with van der Waals surface area (Å²) < 4.78 is 20.7. The maximum Gasteiger partial charge on any atom is 0.309 e. The van der Waals surface area contributed by atoms with Crippen LogP contribution in [0.15, 0.2) is 42.5 Å². The quantitative estimate of drug-likeness (QED) is 0.549. The number of rotatable bonds is 8. The van der Waals surface area contributed by atoms with Crippen LogP contribution in [-0.2, 0) is 14.3 Å². The van der Waals surface area contributed by atoms with E-state index in [0.717, 1.165) is 0 Å². The summed E-state index contributed by atoms with van der Waals surface area (Å²) in [5, 5.41) is 2.62. The molecule has 146 valence electrons. The number of esters is 1. The maximum atomic E-state index is 12.2. The van der Waals surface area contributed by atoms with E-state index in [1.54, 1.807) is 43.5 Å². The first kappa shape index (κ1) is 19.2. The van der Waals surface area contributed by atoms with Gasteiger partial charge in [-0.15, -0.1) is 0 Å². The van der Waals surface area contributed by atoms with E-state index < -0.39 is 12.6 Å². The van der Waals surface area contributed by atoms with E-state index in [9.17, 15) is 14.4 Å². The lowest BCUT2D eigenvalue weighted by Crippen LogP contribution is -2.25. The topological polar surface area (TPSA) is 100 Å². The zero-order chi connectivity index (χ0) is 19.9. The molecule has 0 saturated heterocycles. The Morgan fingerprint density at radius 3 is 2.61 bits per heavy atom. The van der Waals surface area contributed by atoms with Gasteiger partial charge in [0.1, 0.15) is 17.2 Å². The summed E-state index contributed by atoms with van der Waals surface area (Å²) in [5.41, 5.74) is 0.730. The Balaban J connectivity index is 1.43. The van der Waals surface area contributed by atoms with Crippen LogP contribution in [0.3, 0.4) is 0 Å². The number of fused-ring (bicyclic) bond motifs is 1. The molecule has 2 aromatic rings. The number of methoxy groups -OCH3 is 1. The minimum absolute atomic E-state index is 0.00734. The molecule has 0 aliphatic carbocycles. The molecule has 1 aliphatic rings. The predicted molar refractivity (Wildman–Crippen MR) is 99.0 cm³/mol. The number of ketones is 1. The van der Waals surface area contributed by atoms with Gasteiger partial charge in [0.2, 0.25) is 0 Å². The zero-order valence-corrected chi connectivity index (χ0v) is 15.2. The van der Waals surface area contributed by atoms with Gasteiger partial charge in [-0.25, -0.2) is 0 Å². The van der Waals surface area contributed by atoms with Crippen molar-refractivity contribution >= 4 is 23.3 Å². The summed E-state index contributed by atoms with van der Waals surface area (Å²) in [6, 6.07) is 11.6. The third kappa shape index (κ3) is 5.00. The SMILES string of the molecule is COc1ccc(OCCC(=O)OCC(=O)c2ccc3c(c2)NC(=O)CO3)cc1. The molecule has 0 unspecified atom stereocenters. The number of amides is 1. The monoisotopic (exact) mass is 385 g/mol. The van der Waals surface area contributed by atoms with Gasteiger partial charge in [0.05, 0.1) is 25.8 Å². The lowest BCUT2D eigenvalue weighted by atomic mass is 10.1. The fraction of sp³-hybridized carbons (Fsp3) is 0.250. The lowest BCUT2D eigenvalue weighted by Gasteiger charge is -2.18. The van der Waals surface area contributed by atoms with Gasteiger partial charge in [-0.1, -0.05) is 0 Å². The van der Waals surface area contributed by atoms with Gasteiger partial charge in [0.15, 0.2) is 19.0 Å². The second-order valence-electron chi connectivity index (χ2n) is 5.91. The van der Waals surface area contributed by atoms with E-state index in [2.05, 4.69) is 5.32 Å². The van der Waals surface area contributed by atoms with E-state index in [0.29, 0.717) is 28.5 Å². The molecule has 1 amide bonds. The molecule has 0 saturated carbocycles. The molecule has 28 heavy (non-hydrogen) atoms. The summed E-state index contributed by atoms with van der Waals surface area (Å²) in [7, 11) is 1.57. The molecular weight excluding hydrogens is 366 g/mol. The molecule has 1 heterocycles. The summed E-state index contributed by atoms with van der Waals surface area (Å²) in [6.45, 7) is -0.326. The molecule has 3 rings (SSSR count). The van der Waals surface area contributed by atoms with Crippen LogP contribution in [0.1, 0.15) is 16.8 Å². The summed E-state index contributed by atoms with van der Waals surface area (Å²) in [4.78, 5) is 35.3. The number of hydrogen-bond acceptors (Lipinski definition) is 7. The fourth-order valence-corrected chi connectivity index (χ4v) is 2.48. The van der Waals surface area contributed by atoms with Crippen molar-refractivity contribution in [2.45, 2.75) is 6.42 Å². The smallest absolute Gasteiger partial charge is 0.309 e. The highest BCUT2D eigenvalue weighted by atomic mass is 16.5. The van der Waals surface area contributed by atoms with Crippen molar-refractivity contribution < 1.29 is 33.3 Å². The zero-order valence-electron chi connectivity index (χ0n) is 15.2. The summed E-state index contributed by atoms with van der Waals surface area (Å²) >= 11 is 0. The number of Topliss-reactive ketones (excluding diaryl/α,β-unsaturated/α-hetero) is 1. The molecule has 1 aliphatic heterocycles. The Kier molecular flexibility index (Phi) is 6.11. The Morgan fingerprint density at radius 1 is 1.11 bits per heavy atom. The van der Waals surface area contributed by atoms with Gasteiger partial charge >= 0.3 is 5.97 Å². The molecule has 0 radical (unpaired) electrons. The molecule has 8 heteroatoms. The van der Waals surface area contributed by atoms with Crippen LogP contribution in [0.5, 0.6) is 17.2 Å². The van der Waals surface area contributed by atoms with Gasteiger partial charge in [-0.05, 0) is 42.5 Å². The van der Waals surface area contributed by atoms with Crippen LogP contribution < -0.4 is 19.5 Å². The van der Waals surface area contributed by atoms with Crippen molar-refractivity contribution in [2.24, 2.45) is 0 Å². The average molecular weight is 385 g/mol. The van der Waals surface area contributed by atoms with Crippen molar-refractivity contribution in [1.82, 2.24) is 0 Å². The number of nitrogens with one attached hydrogen (secondary N) is 1. The third-order valence-corrected chi connectivity index (χ3v) is 3.93. The molecular formula is C20H19NO7. The number of anilines is 1. The fourth-order valence-electron chi connectivity index (χ4n) is 2.48. The number of carbonyl (C=O) groups excluding carboxylic acids is 3. The Morgan fingerprint density at radius 2 is 1.86 bits per heavy atom. The standard InChI is InChI=1S/C20H19NO7/c1-25-14-3-5-15(6-4-14)26-9-8-20(24)28-11-17(22)13-2-7-18-16(10-13)21-19(23)12-27-18/h2-7,10H,8-9,11-12H2,1H3,(H,21,23). The average Bonchev–Trinajstić information content (AvgIpc) is 2.72. The van der Waals surface area contributed by atoms with E-state index in [1.807, 2.05) is 0 Å². The number of ether oxygens (including phenoxy) is 4. The Labute approximate surface area is 161 Å². The van der Waals surface area contributed by atoms with E-state index in [4.69, 9.17) is 18.9 Å². The van der Waals surface area contributed by atoms with Crippen molar-refractivity contribution in [3.05, 3.63) is 48.0 Å². The molecule has 0 bridgehead atoms. The first-order valence-electron chi connectivity index (χ1n) is 8.57. The van der Waals surface area contributed by atoms with Gasteiger partial charge in [0, 0.05) is 5.56 Å². The van der Waals surface area contributed by atoms with Crippen molar-refractivity contribution in [3.8, 4) is 17.2 Å². The molecule has 0 spiro atoms. The van der Waals surface area contributed by atoms with Gasteiger partial charge in [-0.3, -0.25) is 14.4 Å². The van der Waals surface area contributed by atoms with Gasteiger partial charge in [0.25, 0.3) is 5.91 Å². The van der Waals surface area contributed by atoms with Crippen molar-refractivity contribution in [1.29, 1.82) is 0 Å². The van der Waals surface area contributed by atoms with Crippen molar-refractivity contribution in [2.75, 3.05) is 32.2 Å². The normalized spacial score (nSPS) is 12.2. The predicted octanol–water partition coefficient (Wildman–Crippen LogP) is 2.22. The molecule has 1 N–H and O–H groups in total. The maximum absolute atomic E-state index is 12.2. The van der Waals surface area contributed by atoms with E-state index in [1.165, 1.54) is 6.07 Å². The Hall–Kier alpha value is -3.55. The minimum Gasteiger partial charge on any atom is -0.497 e. The van der Waals surface area contributed by atoms with E-state index in [-0.39, 0.29) is 31.3 Å². The van der Waals surface area contributed by atoms with Crippen LogP contribution in [0.2, 0.25) is 0 Å². The van der Waals surface area contributed by atoms with Crippen LogP contribution in [0.4, 0.5) is 5.69 Å². The van der Waals surface area contributed by atoms with Gasteiger partial charge < -0.3 is 24.3 Å². The molecule has 0 fully saturated rings. The molecule has 8 nitrogen and oxygen atoms in total. The van der Waals surface area contributed by atoms with Crippen LogP contribution in [-0.4, -0.2) is 44.6 Å². The van der Waals surface area contributed by atoms with Crippen LogP contribution in [0.25, 0.3) is 0 Å². The summed E-state index contributed by atoms with van der Waals surface area (Å²) in [6.07, 6.45) is 0.00734. The molecule has 0 aromatic heterocycles. The Bertz CT molecular complexity index is 877. The minimum atomic E-state index is -0.545. The first-order chi connectivity index (χ1) is 13.5. The highest BCUT2D eigenvalue weighted by Crippen LogP contribution is 2.28. The van der Waals surface area contributed by atoms with E-state index >= 15 is 0 Å². The largest absolute Gasteiger partial charge is 0.497 e. The number of hydrogen-bond donors (Lipinski definition) is 1. The second-order valence-corrected chi connectivity index (χ2v) is 5.91. The highest BCUT2D eigenvalue weighted by molar-refractivity contribution is 6.01.